The van der Waals surface area contributed by atoms with E-state index >= 15 is 0 Å². The molecular formula is C8H7NS2. The zero-order valence-corrected chi connectivity index (χ0v) is 7.71. The van der Waals surface area contributed by atoms with E-state index in [1.54, 1.807) is 21.6 Å². The molecule has 0 fully saturated rings. The summed E-state index contributed by atoms with van der Waals surface area (Å²) in [6.07, 6.45) is 2.02. The van der Waals surface area contributed by atoms with Crippen molar-refractivity contribution in [2.45, 2.75) is 4.90 Å². The number of rotatable bonds is 2. The lowest BCUT2D eigenvalue weighted by Gasteiger charge is -1.95. The van der Waals surface area contributed by atoms with Gasteiger partial charge in [-0.05, 0) is 24.5 Å². The van der Waals surface area contributed by atoms with Crippen LogP contribution >= 0.6 is 21.6 Å². The van der Waals surface area contributed by atoms with Crippen LogP contribution in [0, 0.1) is 11.3 Å². The Kier molecular flexibility index (Phi) is 3.34. The molecule has 0 atom stereocenters. The van der Waals surface area contributed by atoms with E-state index in [1.165, 1.54) is 0 Å². The zero-order chi connectivity index (χ0) is 8.10. The summed E-state index contributed by atoms with van der Waals surface area (Å²) in [4.78, 5) is 1.14. The molecule has 0 N–H and O–H groups in total. The van der Waals surface area contributed by atoms with Crippen molar-refractivity contribution in [2.75, 3.05) is 6.26 Å². The van der Waals surface area contributed by atoms with Crippen LogP contribution in [0.4, 0.5) is 0 Å². The molecule has 1 rings (SSSR count). The summed E-state index contributed by atoms with van der Waals surface area (Å²) in [6.45, 7) is 0. The second kappa shape index (κ2) is 4.32. The largest absolute Gasteiger partial charge is 0.192 e. The number of nitriles is 1. The molecule has 0 saturated carbocycles. The average Bonchev–Trinajstić information content (AvgIpc) is 2.06. The Morgan fingerprint density at radius 1 is 1.45 bits per heavy atom. The summed E-state index contributed by atoms with van der Waals surface area (Å²) >= 11 is 0. The highest BCUT2D eigenvalue weighted by molar-refractivity contribution is 8.76. The topological polar surface area (TPSA) is 23.8 Å². The van der Waals surface area contributed by atoms with Crippen LogP contribution in [0.3, 0.4) is 0 Å². The Morgan fingerprint density at radius 3 is 2.91 bits per heavy atom. The van der Waals surface area contributed by atoms with Crippen LogP contribution in [0.1, 0.15) is 5.56 Å². The third-order valence-electron chi connectivity index (χ3n) is 1.14. The van der Waals surface area contributed by atoms with E-state index in [0.29, 0.717) is 0 Å². The molecule has 56 valence electrons. The van der Waals surface area contributed by atoms with Gasteiger partial charge in [0.1, 0.15) is 0 Å². The van der Waals surface area contributed by atoms with Gasteiger partial charge < -0.3 is 0 Å². The Morgan fingerprint density at radius 2 is 2.27 bits per heavy atom. The van der Waals surface area contributed by atoms with Gasteiger partial charge in [-0.3, -0.25) is 0 Å². The monoisotopic (exact) mass is 181 g/mol. The van der Waals surface area contributed by atoms with Gasteiger partial charge in [0.2, 0.25) is 0 Å². The van der Waals surface area contributed by atoms with Gasteiger partial charge in [-0.2, -0.15) is 5.26 Å². The third kappa shape index (κ3) is 2.49. The van der Waals surface area contributed by atoms with Gasteiger partial charge in [0.05, 0.1) is 11.6 Å². The first-order chi connectivity index (χ1) is 5.36. The molecule has 0 spiro atoms. The van der Waals surface area contributed by atoms with Crippen molar-refractivity contribution < 1.29 is 0 Å². The van der Waals surface area contributed by atoms with Crippen LogP contribution in [-0.2, 0) is 0 Å². The molecule has 0 saturated heterocycles. The van der Waals surface area contributed by atoms with E-state index in [2.05, 4.69) is 6.07 Å². The van der Waals surface area contributed by atoms with Crippen molar-refractivity contribution in [1.29, 1.82) is 5.26 Å². The number of hydrogen-bond donors (Lipinski definition) is 0. The van der Waals surface area contributed by atoms with Crippen LogP contribution in [0.25, 0.3) is 0 Å². The number of benzene rings is 1. The molecule has 11 heavy (non-hydrogen) atoms. The fourth-order valence-corrected chi connectivity index (χ4v) is 2.10. The Balaban J connectivity index is 2.85. The van der Waals surface area contributed by atoms with Crippen LogP contribution in [-0.4, -0.2) is 6.26 Å². The first kappa shape index (κ1) is 8.51. The highest BCUT2D eigenvalue weighted by Crippen LogP contribution is 2.28. The summed E-state index contributed by atoms with van der Waals surface area (Å²) in [6, 6.07) is 9.71. The van der Waals surface area contributed by atoms with Crippen molar-refractivity contribution >= 4 is 21.6 Å². The predicted molar refractivity (Wildman–Crippen MR) is 50.5 cm³/mol. The van der Waals surface area contributed by atoms with Gasteiger partial charge in [0.15, 0.2) is 0 Å². The maximum absolute atomic E-state index is 8.56. The minimum Gasteiger partial charge on any atom is -0.192 e. The van der Waals surface area contributed by atoms with Crippen molar-refractivity contribution in [3.63, 3.8) is 0 Å². The molecule has 0 heterocycles. The van der Waals surface area contributed by atoms with E-state index in [9.17, 15) is 0 Å². The zero-order valence-electron chi connectivity index (χ0n) is 6.07. The minimum absolute atomic E-state index is 0.726. The van der Waals surface area contributed by atoms with Crippen LogP contribution in [0.5, 0.6) is 0 Å². The van der Waals surface area contributed by atoms with Gasteiger partial charge in [0, 0.05) is 4.90 Å². The molecule has 0 bridgehead atoms. The lowest BCUT2D eigenvalue weighted by atomic mass is 10.2. The smallest absolute Gasteiger partial charge is 0.0992 e. The van der Waals surface area contributed by atoms with Crippen molar-refractivity contribution in [3.8, 4) is 6.07 Å². The number of hydrogen-bond acceptors (Lipinski definition) is 3. The van der Waals surface area contributed by atoms with Gasteiger partial charge >= 0.3 is 0 Å². The highest BCUT2D eigenvalue weighted by atomic mass is 33.1. The summed E-state index contributed by atoms with van der Waals surface area (Å²) in [7, 11) is 3.35. The summed E-state index contributed by atoms with van der Waals surface area (Å²) < 4.78 is 0. The first-order valence-corrected chi connectivity index (χ1v) is 5.63. The van der Waals surface area contributed by atoms with Gasteiger partial charge in [-0.15, -0.1) is 0 Å². The second-order valence-electron chi connectivity index (χ2n) is 1.89. The molecule has 1 aromatic rings. The second-order valence-corrected chi connectivity index (χ2v) is 4.36. The van der Waals surface area contributed by atoms with Gasteiger partial charge in [-0.1, -0.05) is 27.7 Å². The molecular weight excluding hydrogens is 174 g/mol. The summed E-state index contributed by atoms with van der Waals surface area (Å²) in [5, 5.41) is 8.56. The fraction of sp³-hybridized carbons (Fsp3) is 0.125. The Hall–Kier alpha value is -0.590. The normalized spacial score (nSPS) is 9.09. The van der Waals surface area contributed by atoms with E-state index in [-0.39, 0.29) is 0 Å². The van der Waals surface area contributed by atoms with Crippen molar-refractivity contribution in [3.05, 3.63) is 29.8 Å². The predicted octanol–water partition coefficient (Wildman–Crippen LogP) is 2.93. The van der Waals surface area contributed by atoms with Gasteiger partial charge in [0.25, 0.3) is 0 Å². The SMILES string of the molecule is CSSc1cccc(C#N)c1. The maximum atomic E-state index is 8.56. The molecule has 0 aliphatic carbocycles. The van der Waals surface area contributed by atoms with Crippen LogP contribution in [0.2, 0.25) is 0 Å². The fourth-order valence-electron chi connectivity index (χ4n) is 0.714. The van der Waals surface area contributed by atoms with Crippen molar-refractivity contribution in [1.82, 2.24) is 0 Å². The molecule has 0 aromatic heterocycles. The van der Waals surface area contributed by atoms with Crippen LogP contribution < -0.4 is 0 Å². The standard InChI is InChI=1S/C8H7NS2/c1-10-11-8-4-2-3-7(5-8)6-9/h2-5H,1H3. The summed E-state index contributed by atoms with van der Waals surface area (Å²) in [5.41, 5.74) is 0.726. The molecule has 0 unspecified atom stereocenters. The number of nitrogens with zero attached hydrogens (tertiary/aromatic N) is 1. The molecule has 0 radical (unpaired) electrons. The van der Waals surface area contributed by atoms with Gasteiger partial charge in [-0.25, -0.2) is 0 Å². The quantitative estimate of drug-likeness (QED) is 0.655. The Bertz CT molecular complexity index is 278. The van der Waals surface area contributed by atoms with E-state index in [1.807, 2.05) is 30.5 Å². The first-order valence-electron chi connectivity index (χ1n) is 3.07. The van der Waals surface area contributed by atoms with E-state index in [4.69, 9.17) is 5.26 Å². The van der Waals surface area contributed by atoms with Crippen LogP contribution in [0.15, 0.2) is 29.2 Å². The van der Waals surface area contributed by atoms with E-state index in [0.717, 1.165) is 10.5 Å². The third-order valence-corrected chi connectivity index (χ3v) is 2.83. The molecule has 1 aromatic carbocycles. The lowest BCUT2D eigenvalue weighted by molar-refractivity contribution is 1.41. The molecule has 3 heteroatoms. The lowest BCUT2D eigenvalue weighted by Crippen LogP contribution is -1.72. The summed E-state index contributed by atoms with van der Waals surface area (Å²) in [5.74, 6) is 0. The maximum Gasteiger partial charge on any atom is 0.0992 e. The molecule has 0 amide bonds. The molecule has 0 aliphatic heterocycles. The Labute approximate surface area is 74.2 Å². The highest BCUT2D eigenvalue weighted by Gasteiger charge is 1.93. The van der Waals surface area contributed by atoms with Crippen molar-refractivity contribution in [2.24, 2.45) is 0 Å². The molecule has 1 nitrogen and oxygen atoms in total. The average molecular weight is 181 g/mol. The van der Waals surface area contributed by atoms with E-state index < -0.39 is 0 Å². The molecule has 0 aliphatic rings. The minimum atomic E-state index is 0.726.